The summed E-state index contributed by atoms with van der Waals surface area (Å²) in [6, 6.07) is 22.2. The highest BCUT2D eigenvalue weighted by molar-refractivity contribution is 5.78. The van der Waals surface area contributed by atoms with Crippen LogP contribution in [0.5, 0.6) is 0 Å². The lowest BCUT2D eigenvalue weighted by molar-refractivity contribution is 0.122. The van der Waals surface area contributed by atoms with Gasteiger partial charge in [0.1, 0.15) is 18.0 Å². The van der Waals surface area contributed by atoms with Crippen molar-refractivity contribution in [2.45, 2.75) is 0 Å². The number of nitrogens with zero attached hydrogens (tertiary/aromatic N) is 5. The van der Waals surface area contributed by atoms with Gasteiger partial charge in [0.15, 0.2) is 0 Å². The van der Waals surface area contributed by atoms with Crippen LogP contribution in [0.3, 0.4) is 0 Å². The monoisotopic (exact) mass is 510 g/mol. The quantitative estimate of drug-likeness (QED) is 0.309. The highest BCUT2D eigenvalue weighted by atomic mass is 19.1. The topological polar surface area (TPSA) is 68.1 Å². The average Bonchev–Trinajstić information content (AvgIpc) is 3.40. The van der Waals surface area contributed by atoms with E-state index >= 15 is 0 Å². The number of anilines is 3. The van der Waals surface area contributed by atoms with Crippen LogP contribution in [0.15, 0.2) is 91.4 Å². The second-order valence-corrected chi connectivity index (χ2v) is 8.83. The Morgan fingerprint density at radius 3 is 2.11 bits per heavy atom. The van der Waals surface area contributed by atoms with E-state index in [-0.39, 0.29) is 11.6 Å². The van der Waals surface area contributed by atoms with Crippen LogP contribution < -0.4 is 10.2 Å². The fourth-order valence-electron chi connectivity index (χ4n) is 4.47. The first kappa shape index (κ1) is 23.7. The second kappa shape index (κ2) is 10.4. The van der Waals surface area contributed by atoms with E-state index in [1.165, 1.54) is 24.3 Å². The Morgan fingerprint density at radius 2 is 1.39 bits per heavy atom. The van der Waals surface area contributed by atoms with Crippen LogP contribution in [0.2, 0.25) is 0 Å². The van der Waals surface area contributed by atoms with Gasteiger partial charge in [0, 0.05) is 41.9 Å². The van der Waals surface area contributed by atoms with E-state index in [4.69, 9.17) is 9.72 Å². The SMILES string of the molecule is Fc1ccc(-c2ncn(-c3ccc(F)cc3)c2-c2ccnc(Nc3ccc(N4CCOCC4)cc3)n2)cc1. The van der Waals surface area contributed by atoms with Crippen molar-refractivity contribution in [1.82, 2.24) is 19.5 Å². The van der Waals surface area contributed by atoms with Gasteiger partial charge in [-0.25, -0.2) is 23.7 Å². The molecule has 9 heteroatoms. The summed E-state index contributed by atoms with van der Waals surface area (Å²) < 4.78 is 34.5. The van der Waals surface area contributed by atoms with Gasteiger partial charge in [-0.3, -0.25) is 4.57 Å². The molecule has 0 saturated carbocycles. The molecule has 1 N–H and O–H groups in total. The van der Waals surface area contributed by atoms with E-state index in [1.54, 1.807) is 42.9 Å². The Hall–Kier alpha value is -4.63. The summed E-state index contributed by atoms with van der Waals surface area (Å²) in [5.41, 5.74) is 5.34. The molecule has 0 atom stereocenters. The van der Waals surface area contributed by atoms with Crippen LogP contribution in [-0.4, -0.2) is 45.8 Å². The number of hydrogen-bond donors (Lipinski definition) is 1. The van der Waals surface area contributed by atoms with Crippen LogP contribution in [0, 0.1) is 11.6 Å². The Labute approximate surface area is 218 Å². The molecular formula is C29H24F2N6O. The number of hydrogen-bond acceptors (Lipinski definition) is 6. The summed E-state index contributed by atoms with van der Waals surface area (Å²) in [6.45, 7) is 3.20. The minimum Gasteiger partial charge on any atom is -0.378 e. The standard InChI is InChI=1S/C29H24F2N6O/c30-21-3-1-20(2-4-21)27-28(37(19-33-27)25-9-5-22(31)6-10-25)26-13-14-32-29(35-26)34-23-7-11-24(12-8-23)36-15-17-38-18-16-36/h1-14,19H,15-18H2,(H,32,34,35). The maximum atomic E-state index is 13.6. The fraction of sp³-hybridized carbons (Fsp3) is 0.138. The van der Waals surface area contributed by atoms with Crippen LogP contribution in [-0.2, 0) is 4.74 Å². The van der Waals surface area contributed by atoms with Gasteiger partial charge in [-0.2, -0.15) is 0 Å². The minimum atomic E-state index is -0.332. The third kappa shape index (κ3) is 4.96. The molecule has 1 fully saturated rings. The van der Waals surface area contributed by atoms with Gasteiger partial charge in [0.25, 0.3) is 0 Å². The number of imidazole rings is 1. The zero-order chi connectivity index (χ0) is 25.9. The van der Waals surface area contributed by atoms with E-state index < -0.39 is 0 Å². The molecule has 7 nitrogen and oxygen atoms in total. The molecule has 2 aromatic heterocycles. The Bertz CT molecular complexity index is 1470. The predicted molar refractivity (Wildman–Crippen MR) is 143 cm³/mol. The van der Waals surface area contributed by atoms with Crippen molar-refractivity contribution in [2.75, 3.05) is 36.5 Å². The number of halogens is 2. The number of ether oxygens (including phenoxy) is 1. The number of morpholine rings is 1. The molecule has 0 unspecified atom stereocenters. The van der Waals surface area contributed by atoms with Gasteiger partial charge in [0.2, 0.25) is 5.95 Å². The summed E-state index contributed by atoms with van der Waals surface area (Å²) >= 11 is 0. The van der Waals surface area contributed by atoms with Gasteiger partial charge >= 0.3 is 0 Å². The normalized spacial score (nSPS) is 13.5. The third-order valence-corrected chi connectivity index (χ3v) is 6.39. The maximum absolute atomic E-state index is 13.6. The summed E-state index contributed by atoms with van der Waals surface area (Å²) in [5, 5.41) is 3.28. The average molecular weight is 511 g/mol. The van der Waals surface area contributed by atoms with Crippen molar-refractivity contribution in [3.63, 3.8) is 0 Å². The molecule has 0 aliphatic carbocycles. The van der Waals surface area contributed by atoms with Gasteiger partial charge in [-0.1, -0.05) is 0 Å². The minimum absolute atomic E-state index is 0.331. The van der Waals surface area contributed by atoms with Crippen molar-refractivity contribution >= 4 is 17.3 Å². The zero-order valence-corrected chi connectivity index (χ0v) is 20.4. The molecule has 38 heavy (non-hydrogen) atoms. The summed E-state index contributed by atoms with van der Waals surface area (Å²) in [4.78, 5) is 16.1. The summed E-state index contributed by atoms with van der Waals surface area (Å²) in [7, 11) is 0. The summed E-state index contributed by atoms with van der Waals surface area (Å²) in [5.74, 6) is -0.248. The number of aromatic nitrogens is 4. The molecule has 0 amide bonds. The zero-order valence-electron chi connectivity index (χ0n) is 20.4. The molecule has 0 bridgehead atoms. The van der Waals surface area contributed by atoms with E-state index in [2.05, 4.69) is 32.3 Å². The maximum Gasteiger partial charge on any atom is 0.227 e. The molecule has 190 valence electrons. The second-order valence-electron chi connectivity index (χ2n) is 8.83. The molecular weight excluding hydrogens is 486 g/mol. The Morgan fingerprint density at radius 1 is 0.737 bits per heavy atom. The number of rotatable bonds is 6. The molecule has 0 radical (unpaired) electrons. The van der Waals surface area contributed by atoms with Gasteiger partial charge in [-0.15, -0.1) is 0 Å². The molecule has 6 rings (SSSR count). The Kier molecular flexibility index (Phi) is 6.49. The highest BCUT2D eigenvalue weighted by Crippen LogP contribution is 2.33. The van der Waals surface area contributed by atoms with Crippen molar-refractivity contribution in [3.05, 3.63) is 103 Å². The molecule has 1 saturated heterocycles. The first-order valence-electron chi connectivity index (χ1n) is 12.3. The van der Waals surface area contributed by atoms with E-state index in [0.29, 0.717) is 28.7 Å². The van der Waals surface area contributed by atoms with E-state index in [9.17, 15) is 8.78 Å². The third-order valence-electron chi connectivity index (χ3n) is 6.39. The molecule has 1 aliphatic rings. The Balaban J connectivity index is 1.34. The first-order valence-corrected chi connectivity index (χ1v) is 12.3. The molecule has 5 aromatic rings. The first-order chi connectivity index (χ1) is 18.6. The van der Waals surface area contributed by atoms with Gasteiger partial charge in [0.05, 0.1) is 30.3 Å². The van der Waals surface area contributed by atoms with E-state index in [1.807, 2.05) is 16.7 Å². The highest BCUT2D eigenvalue weighted by Gasteiger charge is 2.19. The van der Waals surface area contributed by atoms with Crippen LogP contribution in [0.1, 0.15) is 0 Å². The van der Waals surface area contributed by atoms with Crippen molar-refractivity contribution in [3.8, 4) is 28.3 Å². The largest absolute Gasteiger partial charge is 0.378 e. The molecule has 0 spiro atoms. The van der Waals surface area contributed by atoms with Gasteiger partial charge in [-0.05, 0) is 78.9 Å². The van der Waals surface area contributed by atoms with Crippen molar-refractivity contribution in [1.29, 1.82) is 0 Å². The number of nitrogens with one attached hydrogen (secondary N) is 1. The lowest BCUT2D eigenvalue weighted by Gasteiger charge is -2.28. The predicted octanol–water partition coefficient (Wildman–Crippen LogP) is 5.85. The van der Waals surface area contributed by atoms with E-state index in [0.717, 1.165) is 43.2 Å². The lowest BCUT2D eigenvalue weighted by atomic mass is 10.1. The molecule has 3 aromatic carbocycles. The van der Waals surface area contributed by atoms with Crippen LogP contribution in [0.4, 0.5) is 26.1 Å². The fourth-order valence-corrected chi connectivity index (χ4v) is 4.47. The molecule has 1 aliphatic heterocycles. The van der Waals surface area contributed by atoms with Crippen molar-refractivity contribution in [2.24, 2.45) is 0 Å². The van der Waals surface area contributed by atoms with Crippen molar-refractivity contribution < 1.29 is 13.5 Å². The lowest BCUT2D eigenvalue weighted by Crippen LogP contribution is -2.36. The molecule has 3 heterocycles. The summed E-state index contributed by atoms with van der Waals surface area (Å²) in [6.07, 6.45) is 3.32. The smallest absolute Gasteiger partial charge is 0.227 e. The number of benzene rings is 3. The van der Waals surface area contributed by atoms with Gasteiger partial charge < -0.3 is 15.0 Å². The van der Waals surface area contributed by atoms with Crippen LogP contribution >= 0.6 is 0 Å². The van der Waals surface area contributed by atoms with Crippen LogP contribution in [0.25, 0.3) is 28.3 Å².